The summed E-state index contributed by atoms with van der Waals surface area (Å²) in [5, 5.41) is 0. The van der Waals surface area contributed by atoms with E-state index in [0.29, 0.717) is 6.54 Å². The number of hydrogen-bond donors (Lipinski definition) is 1. The molecular weight excluding hydrogens is 256 g/mol. The lowest BCUT2D eigenvalue weighted by atomic mass is 9.94. The molecule has 2 heteroatoms. The van der Waals surface area contributed by atoms with Crippen molar-refractivity contribution in [3.05, 3.63) is 70.3 Å². The second-order valence-electron chi connectivity index (χ2n) is 5.90. The summed E-state index contributed by atoms with van der Waals surface area (Å²) < 4.78 is 0. The average molecular weight is 282 g/mol. The van der Waals surface area contributed by atoms with E-state index in [2.05, 4.69) is 75.2 Å². The highest BCUT2D eigenvalue weighted by Crippen LogP contribution is 2.27. The van der Waals surface area contributed by atoms with E-state index >= 15 is 0 Å². The zero-order chi connectivity index (χ0) is 15.4. The van der Waals surface area contributed by atoms with E-state index in [1.54, 1.807) is 0 Å². The molecule has 2 nitrogen and oxygen atoms in total. The van der Waals surface area contributed by atoms with E-state index in [9.17, 15) is 0 Å². The molecule has 0 aliphatic carbocycles. The van der Waals surface area contributed by atoms with Crippen LogP contribution in [-0.2, 0) is 6.54 Å². The molecule has 0 amide bonds. The lowest BCUT2D eigenvalue weighted by molar-refractivity contribution is 0.240. The largest absolute Gasteiger partial charge is 0.329 e. The molecule has 1 unspecified atom stereocenters. The van der Waals surface area contributed by atoms with Crippen molar-refractivity contribution >= 4 is 0 Å². The quantitative estimate of drug-likeness (QED) is 0.905. The number of benzene rings is 2. The molecule has 21 heavy (non-hydrogen) atoms. The maximum Gasteiger partial charge on any atom is 0.0476 e. The predicted molar refractivity (Wildman–Crippen MR) is 90.4 cm³/mol. The van der Waals surface area contributed by atoms with Crippen molar-refractivity contribution in [3.8, 4) is 0 Å². The Kier molecular flexibility index (Phi) is 5.16. The van der Waals surface area contributed by atoms with E-state index in [-0.39, 0.29) is 6.04 Å². The Morgan fingerprint density at radius 1 is 0.905 bits per heavy atom. The van der Waals surface area contributed by atoms with Gasteiger partial charge in [-0.15, -0.1) is 0 Å². The van der Waals surface area contributed by atoms with Gasteiger partial charge in [-0.25, -0.2) is 0 Å². The standard InChI is InChI=1S/C19H26N2/c1-14-8-5-6-11-17(14)13-21(4)18(12-20)19-15(2)9-7-10-16(19)3/h5-11,18H,12-13,20H2,1-4H3. The Morgan fingerprint density at radius 2 is 1.48 bits per heavy atom. The smallest absolute Gasteiger partial charge is 0.0476 e. The average Bonchev–Trinajstić information content (AvgIpc) is 2.45. The summed E-state index contributed by atoms with van der Waals surface area (Å²) >= 11 is 0. The molecule has 0 spiro atoms. The fraction of sp³-hybridized carbons (Fsp3) is 0.368. The number of rotatable bonds is 5. The first-order valence-electron chi connectivity index (χ1n) is 7.55. The zero-order valence-corrected chi connectivity index (χ0v) is 13.6. The van der Waals surface area contributed by atoms with Crippen LogP contribution in [0.1, 0.15) is 33.9 Å². The van der Waals surface area contributed by atoms with Crippen molar-refractivity contribution in [2.45, 2.75) is 33.4 Å². The Morgan fingerprint density at radius 3 is 2.05 bits per heavy atom. The van der Waals surface area contributed by atoms with Crippen molar-refractivity contribution in [2.75, 3.05) is 13.6 Å². The fourth-order valence-electron chi connectivity index (χ4n) is 3.04. The van der Waals surface area contributed by atoms with Gasteiger partial charge in [-0.2, -0.15) is 0 Å². The van der Waals surface area contributed by atoms with Crippen molar-refractivity contribution < 1.29 is 0 Å². The highest BCUT2D eigenvalue weighted by atomic mass is 15.1. The van der Waals surface area contributed by atoms with Gasteiger partial charge < -0.3 is 5.73 Å². The van der Waals surface area contributed by atoms with Gasteiger partial charge in [-0.1, -0.05) is 42.5 Å². The Labute approximate surface area is 128 Å². The highest BCUT2D eigenvalue weighted by Gasteiger charge is 2.19. The third-order valence-electron chi connectivity index (χ3n) is 4.31. The summed E-state index contributed by atoms with van der Waals surface area (Å²) in [7, 11) is 2.16. The normalized spacial score (nSPS) is 12.7. The van der Waals surface area contributed by atoms with Crippen LogP contribution in [0.4, 0.5) is 0 Å². The Hall–Kier alpha value is -1.64. The minimum absolute atomic E-state index is 0.255. The minimum Gasteiger partial charge on any atom is -0.329 e. The van der Waals surface area contributed by atoms with Crippen LogP contribution in [0.25, 0.3) is 0 Å². The summed E-state index contributed by atoms with van der Waals surface area (Å²) in [5.74, 6) is 0. The van der Waals surface area contributed by atoms with Crippen LogP contribution in [0.2, 0.25) is 0 Å². The van der Waals surface area contributed by atoms with E-state index in [4.69, 9.17) is 5.73 Å². The van der Waals surface area contributed by atoms with Crippen LogP contribution < -0.4 is 5.73 Å². The van der Waals surface area contributed by atoms with E-state index in [1.165, 1.54) is 27.8 Å². The third-order valence-corrected chi connectivity index (χ3v) is 4.31. The monoisotopic (exact) mass is 282 g/mol. The number of nitrogens with zero attached hydrogens (tertiary/aromatic N) is 1. The molecule has 2 aromatic rings. The molecule has 0 fully saturated rings. The summed E-state index contributed by atoms with van der Waals surface area (Å²) in [6.45, 7) is 8.06. The summed E-state index contributed by atoms with van der Waals surface area (Å²) in [5.41, 5.74) is 12.8. The number of likely N-dealkylation sites (N-methyl/N-ethyl adjacent to an activating group) is 1. The zero-order valence-electron chi connectivity index (χ0n) is 13.6. The number of hydrogen-bond acceptors (Lipinski definition) is 2. The van der Waals surface area contributed by atoms with Gasteiger partial charge in [0.2, 0.25) is 0 Å². The van der Waals surface area contributed by atoms with Gasteiger partial charge in [0.1, 0.15) is 0 Å². The molecule has 2 aromatic carbocycles. The van der Waals surface area contributed by atoms with Crippen molar-refractivity contribution in [1.29, 1.82) is 0 Å². The molecule has 0 heterocycles. The van der Waals surface area contributed by atoms with Crippen LogP contribution in [0.3, 0.4) is 0 Å². The molecule has 0 aromatic heterocycles. The van der Waals surface area contributed by atoms with Crippen LogP contribution >= 0.6 is 0 Å². The van der Waals surface area contributed by atoms with Crippen LogP contribution in [0.15, 0.2) is 42.5 Å². The minimum atomic E-state index is 0.255. The second kappa shape index (κ2) is 6.88. The second-order valence-corrected chi connectivity index (χ2v) is 5.90. The van der Waals surface area contributed by atoms with Crippen LogP contribution in [0.5, 0.6) is 0 Å². The maximum absolute atomic E-state index is 6.09. The fourth-order valence-corrected chi connectivity index (χ4v) is 3.04. The summed E-state index contributed by atoms with van der Waals surface area (Å²) in [6.07, 6.45) is 0. The van der Waals surface area contributed by atoms with Gasteiger partial charge in [-0.3, -0.25) is 4.90 Å². The number of aryl methyl sites for hydroxylation is 3. The lowest BCUT2D eigenvalue weighted by Crippen LogP contribution is -2.31. The summed E-state index contributed by atoms with van der Waals surface area (Å²) in [6, 6.07) is 15.3. The van der Waals surface area contributed by atoms with E-state index in [1.807, 2.05) is 0 Å². The molecule has 1 atom stereocenters. The molecule has 0 bridgehead atoms. The molecule has 112 valence electrons. The molecular formula is C19H26N2. The maximum atomic E-state index is 6.09. The first-order chi connectivity index (χ1) is 10.0. The van der Waals surface area contributed by atoms with Gasteiger partial charge >= 0.3 is 0 Å². The van der Waals surface area contributed by atoms with Crippen LogP contribution in [0, 0.1) is 20.8 Å². The summed E-state index contributed by atoms with van der Waals surface area (Å²) in [4.78, 5) is 2.36. The van der Waals surface area contributed by atoms with Crippen molar-refractivity contribution in [2.24, 2.45) is 5.73 Å². The Balaban J connectivity index is 2.27. The molecule has 0 saturated carbocycles. The van der Waals surface area contributed by atoms with Gasteiger partial charge in [-0.05, 0) is 55.6 Å². The van der Waals surface area contributed by atoms with Crippen molar-refractivity contribution in [1.82, 2.24) is 4.90 Å². The molecule has 0 aliphatic heterocycles. The van der Waals surface area contributed by atoms with Gasteiger partial charge in [0.15, 0.2) is 0 Å². The topological polar surface area (TPSA) is 29.3 Å². The third kappa shape index (κ3) is 3.52. The van der Waals surface area contributed by atoms with E-state index in [0.717, 1.165) is 6.54 Å². The lowest BCUT2D eigenvalue weighted by Gasteiger charge is -2.30. The van der Waals surface area contributed by atoms with Crippen LogP contribution in [-0.4, -0.2) is 18.5 Å². The number of nitrogens with two attached hydrogens (primary N) is 1. The molecule has 2 N–H and O–H groups in total. The van der Waals surface area contributed by atoms with E-state index < -0.39 is 0 Å². The molecule has 2 rings (SSSR count). The van der Waals surface area contributed by atoms with Gasteiger partial charge in [0, 0.05) is 19.1 Å². The molecule has 0 aliphatic rings. The van der Waals surface area contributed by atoms with Gasteiger partial charge in [0.25, 0.3) is 0 Å². The first kappa shape index (κ1) is 15.7. The van der Waals surface area contributed by atoms with Gasteiger partial charge in [0.05, 0.1) is 0 Å². The predicted octanol–water partition coefficient (Wildman–Crippen LogP) is 3.74. The first-order valence-corrected chi connectivity index (χ1v) is 7.55. The Bertz CT molecular complexity index is 584. The molecule has 0 saturated heterocycles. The molecule has 0 radical (unpaired) electrons. The SMILES string of the molecule is Cc1ccccc1CN(C)C(CN)c1c(C)cccc1C. The van der Waals surface area contributed by atoms with Crippen molar-refractivity contribution in [3.63, 3.8) is 0 Å². The highest BCUT2D eigenvalue weighted by molar-refractivity contribution is 5.36.